The van der Waals surface area contributed by atoms with Crippen molar-refractivity contribution in [2.24, 2.45) is 0 Å². The molecule has 0 saturated heterocycles. The molecule has 5 aromatic carbocycles. The lowest BCUT2D eigenvalue weighted by atomic mass is 9.92. The van der Waals surface area contributed by atoms with Crippen molar-refractivity contribution in [1.29, 1.82) is 0 Å². The average molecular weight is 721 g/mol. The molecule has 0 atom stereocenters. The Bertz CT molecular complexity index is 3380. The lowest BCUT2D eigenvalue weighted by Crippen LogP contribution is -1.96. The fourth-order valence-corrected chi connectivity index (χ4v) is 9.26. The van der Waals surface area contributed by atoms with Crippen LogP contribution in [-0.2, 0) is 19.3 Å². The number of fused-ring (bicyclic) bond motifs is 24. The maximum atomic E-state index is 5.37. The molecule has 8 bridgehead atoms. The highest BCUT2D eigenvalue weighted by Gasteiger charge is 2.26. The van der Waals surface area contributed by atoms with Gasteiger partial charge in [-0.05, 0) is 131 Å². The van der Waals surface area contributed by atoms with Crippen molar-refractivity contribution in [2.45, 2.75) is 38.5 Å². The van der Waals surface area contributed by atoms with Gasteiger partial charge in [-0.15, -0.1) is 0 Å². The third kappa shape index (κ3) is 4.47. The van der Waals surface area contributed by atoms with Crippen LogP contribution in [0.25, 0.3) is 119 Å². The quantitative estimate of drug-likeness (QED) is 0.161. The summed E-state index contributed by atoms with van der Waals surface area (Å²) in [7, 11) is 0. The van der Waals surface area contributed by atoms with Gasteiger partial charge in [0.2, 0.25) is 0 Å². The van der Waals surface area contributed by atoms with E-state index in [0.29, 0.717) is 40.2 Å². The number of benzene rings is 5. The summed E-state index contributed by atoms with van der Waals surface area (Å²) < 4.78 is 0. The Labute approximate surface area is 320 Å². The van der Waals surface area contributed by atoms with Gasteiger partial charge in [0, 0.05) is 43.8 Å². The summed E-state index contributed by atoms with van der Waals surface area (Å²) in [4.78, 5) is 39.2. The number of nitrogens with one attached hydrogen (secondary N) is 2. The molecule has 0 saturated carbocycles. The lowest BCUT2D eigenvalue weighted by Gasteiger charge is -2.12. The van der Waals surface area contributed by atoms with Gasteiger partial charge in [-0.1, -0.05) is 60.7 Å². The maximum absolute atomic E-state index is 5.37. The second-order valence-electron chi connectivity index (χ2n) is 15.5. The maximum Gasteiger partial charge on any atom is 0.164 e. The van der Waals surface area contributed by atoms with Gasteiger partial charge in [-0.25, -0.2) is 29.9 Å². The molecule has 0 radical (unpaired) electrons. The molecule has 5 aliphatic rings. The van der Waals surface area contributed by atoms with E-state index in [4.69, 9.17) is 29.9 Å². The first-order valence-electron chi connectivity index (χ1n) is 19.5. The standard InChI is InChI=1S/C48H32N8/c1-2-10-26-18-34-33(17-25(26)9-1)41-49-42(34)54-44-37-21-29-13-5-6-14-30(29)22-38(37)46(51-44)56-48-40-24-32-16-8-7-15-31(32)23-39(40)47(52-48)55-45-36-20-28-12-4-3-11-27(28)19-35(36)43(50-45)53-41/h1-3,6,8-11,14,16-24H,4-5,7,12-13,15H2,(H2,49,50,51,52,53,54,55,56). The average Bonchev–Trinajstić information content (AvgIpc) is 3.95. The van der Waals surface area contributed by atoms with E-state index >= 15 is 0 Å². The topological polar surface area (TPSA) is 109 Å². The van der Waals surface area contributed by atoms with Crippen molar-refractivity contribution >= 4 is 73.1 Å². The van der Waals surface area contributed by atoms with Crippen molar-refractivity contribution in [3.8, 4) is 45.6 Å². The molecule has 3 aliphatic carbocycles. The minimum Gasteiger partial charge on any atom is -0.324 e. The smallest absolute Gasteiger partial charge is 0.164 e. The number of aryl methyl sites for hydroxylation is 3. The van der Waals surface area contributed by atoms with Gasteiger partial charge in [-0.3, -0.25) is 0 Å². The molecule has 56 heavy (non-hydrogen) atoms. The largest absolute Gasteiger partial charge is 0.324 e. The van der Waals surface area contributed by atoms with E-state index < -0.39 is 0 Å². The minimum absolute atomic E-state index is 0.623. The van der Waals surface area contributed by atoms with Gasteiger partial charge in [0.05, 0.1) is 0 Å². The first-order valence-corrected chi connectivity index (χ1v) is 19.5. The summed E-state index contributed by atoms with van der Waals surface area (Å²) in [5.74, 6) is 2.52. The zero-order valence-corrected chi connectivity index (χ0v) is 30.3. The molecule has 0 amide bonds. The van der Waals surface area contributed by atoms with Crippen LogP contribution >= 0.6 is 0 Å². The lowest BCUT2D eigenvalue weighted by molar-refractivity contribution is 0.986. The van der Waals surface area contributed by atoms with Crippen LogP contribution in [0.15, 0.2) is 91.0 Å². The Hall–Kier alpha value is -7.06. The Balaban J connectivity index is 1.21. The van der Waals surface area contributed by atoms with E-state index in [1.165, 1.54) is 33.4 Å². The predicted molar refractivity (Wildman–Crippen MR) is 226 cm³/mol. The highest BCUT2D eigenvalue weighted by Crippen LogP contribution is 2.41. The molecule has 8 aromatic rings. The molecule has 8 heteroatoms. The van der Waals surface area contributed by atoms with E-state index in [0.717, 1.165) is 98.7 Å². The SMILES string of the molecule is C1=Cc2cc3c(cc2CC1)-c1nc-3nc2[nH]c(nc3nc(nc4[nH]c(n1)c1cc5c(cc41)C=CCC5)-c1cc4c(cc1-3)CCC=C4)c1cc3ccccc3cc21. The van der Waals surface area contributed by atoms with Crippen molar-refractivity contribution < 1.29 is 0 Å². The fraction of sp³-hybridized carbons (Fsp3) is 0.125. The predicted octanol–water partition coefficient (Wildman–Crippen LogP) is 10.9. The third-order valence-corrected chi connectivity index (χ3v) is 12.1. The summed E-state index contributed by atoms with van der Waals surface area (Å²) in [6.45, 7) is 0. The molecule has 2 N–H and O–H groups in total. The number of allylic oxidation sites excluding steroid dienone is 3. The first-order chi connectivity index (χ1) is 27.7. The summed E-state index contributed by atoms with van der Waals surface area (Å²) in [6, 6.07) is 26.4. The van der Waals surface area contributed by atoms with Crippen LogP contribution in [0.4, 0.5) is 0 Å². The van der Waals surface area contributed by atoms with Gasteiger partial charge in [-0.2, -0.15) is 0 Å². The third-order valence-electron chi connectivity index (χ3n) is 12.1. The Morgan fingerprint density at radius 2 is 0.750 bits per heavy atom. The van der Waals surface area contributed by atoms with Crippen LogP contribution in [-0.4, -0.2) is 39.9 Å². The number of nitrogens with zero attached hydrogens (tertiary/aromatic N) is 6. The minimum atomic E-state index is 0.623. The van der Waals surface area contributed by atoms with Gasteiger partial charge in [0.1, 0.15) is 22.6 Å². The summed E-state index contributed by atoms with van der Waals surface area (Å²) in [5, 5.41) is 6.23. The van der Waals surface area contributed by atoms with Gasteiger partial charge in [0.15, 0.2) is 23.3 Å². The molecule has 264 valence electrons. The normalized spacial score (nSPS) is 14.9. The van der Waals surface area contributed by atoms with Crippen LogP contribution in [0, 0.1) is 0 Å². The molecule has 0 fully saturated rings. The number of rotatable bonds is 0. The summed E-state index contributed by atoms with van der Waals surface area (Å²) in [6.07, 6.45) is 19.4. The second-order valence-corrected chi connectivity index (χ2v) is 15.5. The van der Waals surface area contributed by atoms with Gasteiger partial charge in [0.25, 0.3) is 0 Å². The monoisotopic (exact) mass is 720 g/mol. The molecule has 3 aromatic heterocycles. The number of aromatic amines is 2. The Morgan fingerprint density at radius 3 is 1.21 bits per heavy atom. The van der Waals surface area contributed by atoms with Crippen LogP contribution < -0.4 is 0 Å². The second kappa shape index (κ2) is 11.2. The molecular formula is C48H32N8. The Morgan fingerprint density at radius 1 is 0.375 bits per heavy atom. The molecule has 8 nitrogen and oxygen atoms in total. The van der Waals surface area contributed by atoms with Gasteiger partial charge >= 0.3 is 0 Å². The van der Waals surface area contributed by atoms with Crippen LogP contribution in [0.3, 0.4) is 0 Å². The molecule has 5 heterocycles. The zero-order chi connectivity index (χ0) is 36.5. The highest BCUT2D eigenvalue weighted by atomic mass is 15.1. The zero-order valence-electron chi connectivity index (χ0n) is 30.3. The van der Waals surface area contributed by atoms with Crippen molar-refractivity contribution in [2.75, 3.05) is 0 Å². The molecule has 2 aliphatic heterocycles. The van der Waals surface area contributed by atoms with E-state index in [1.807, 2.05) is 0 Å². The highest BCUT2D eigenvalue weighted by molar-refractivity contribution is 6.11. The number of aromatic nitrogens is 8. The Kier molecular flexibility index (Phi) is 6.08. The summed E-state index contributed by atoms with van der Waals surface area (Å²) >= 11 is 0. The van der Waals surface area contributed by atoms with Gasteiger partial charge < -0.3 is 9.97 Å². The van der Waals surface area contributed by atoms with Crippen LogP contribution in [0.1, 0.15) is 52.6 Å². The molecule has 0 unspecified atom stereocenters. The van der Waals surface area contributed by atoms with E-state index in [9.17, 15) is 0 Å². The van der Waals surface area contributed by atoms with Crippen molar-refractivity contribution in [1.82, 2.24) is 39.9 Å². The number of hydrogen-bond acceptors (Lipinski definition) is 6. The molecule has 13 rings (SSSR count). The number of hydrogen-bond donors (Lipinski definition) is 2. The van der Waals surface area contributed by atoms with Crippen molar-refractivity contribution in [3.05, 3.63) is 124 Å². The van der Waals surface area contributed by atoms with Crippen molar-refractivity contribution in [3.63, 3.8) is 0 Å². The first kappa shape index (κ1) is 30.3. The van der Waals surface area contributed by atoms with E-state index in [-0.39, 0.29) is 0 Å². The van der Waals surface area contributed by atoms with E-state index in [1.54, 1.807) is 0 Å². The molecule has 0 spiro atoms. The van der Waals surface area contributed by atoms with Crippen LogP contribution in [0.5, 0.6) is 0 Å². The summed E-state index contributed by atoms with van der Waals surface area (Å²) in [5.41, 5.74) is 14.3. The fourth-order valence-electron chi connectivity index (χ4n) is 9.26. The molecular weight excluding hydrogens is 689 g/mol. The van der Waals surface area contributed by atoms with E-state index in [2.05, 4.69) is 119 Å². The van der Waals surface area contributed by atoms with Crippen LogP contribution in [0.2, 0.25) is 0 Å². The number of H-pyrrole nitrogens is 2.